The molecule has 3 aliphatic rings. The highest BCUT2D eigenvalue weighted by Crippen LogP contribution is 2.29. The number of carbonyl (C=O) groups is 6. The smallest absolute Gasteiger partial charge is 0.328 e. The SMILES string of the molecule is COC(=O)[C@H](Cc1ccc(OCC(=O)N(C(C)C)C(C)C)cc1)NC(=O)[C@@H]1CCCN1S(=O)(=O)c1ccc(C)cc1.Cc1ccc(S(=O)(=O)N2CCC[C@H]2C(=O)N[C@@H](Cc2ccc(OCC(=O)N3CCCCC3)cc2)C(=O)O)cc1. The number of aryl methyl sites for hydroxylation is 2. The van der Waals surface area contributed by atoms with Crippen molar-refractivity contribution in [1.29, 1.82) is 0 Å². The van der Waals surface area contributed by atoms with Crippen molar-refractivity contribution in [2.45, 2.75) is 145 Å². The van der Waals surface area contributed by atoms with Gasteiger partial charge in [-0.2, -0.15) is 8.61 Å². The molecule has 0 saturated carbocycles. The minimum atomic E-state index is -3.90. The van der Waals surface area contributed by atoms with Gasteiger partial charge in [-0.3, -0.25) is 19.2 Å². The van der Waals surface area contributed by atoms with Gasteiger partial charge in [0.25, 0.3) is 11.8 Å². The first-order chi connectivity index (χ1) is 38.0. The van der Waals surface area contributed by atoms with Crippen LogP contribution in [0.1, 0.15) is 94.9 Å². The normalized spacial score (nSPS) is 17.6. The van der Waals surface area contributed by atoms with E-state index in [-0.39, 0.29) is 72.8 Å². The molecular formula is C58H76N6O14S2. The van der Waals surface area contributed by atoms with E-state index in [4.69, 9.17) is 14.2 Å². The van der Waals surface area contributed by atoms with Gasteiger partial charge < -0.3 is 39.8 Å². The molecule has 4 amide bonds. The van der Waals surface area contributed by atoms with E-state index in [1.54, 1.807) is 82.6 Å². The van der Waals surface area contributed by atoms with Gasteiger partial charge in [0.15, 0.2) is 13.2 Å². The first kappa shape index (κ1) is 62.3. The quantitative estimate of drug-likeness (QED) is 0.0831. The summed E-state index contributed by atoms with van der Waals surface area (Å²) in [5, 5.41) is 15.0. The highest BCUT2D eigenvalue weighted by molar-refractivity contribution is 7.89. The summed E-state index contributed by atoms with van der Waals surface area (Å²) in [6.45, 7) is 13.3. The van der Waals surface area contributed by atoms with E-state index in [1.807, 2.05) is 41.5 Å². The molecule has 80 heavy (non-hydrogen) atoms. The van der Waals surface area contributed by atoms with Crippen molar-refractivity contribution in [2.24, 2.45) is 0 Å². The number of sulfonamides is 2. The summed E-state index contributed by atoms with van der Waals surface area (Å²) in [5.74, 6) is -2.23. The van der Waals surface area contributed by atoms with Crippen LogP contribution in [-0.4, -0.2) is 159 Å². The number of amides is 4. The molecule has 4 aromatic rings. The average Bonchev–Trinajstić information content (AvgIpc) is 4.27. The van der Waals surface area contributed by atoms with E-state index >= 15 is 0 Å². The minimum Gasteiger partial charge on any atom is -0.484 e. The second-order valence-corrected chi connectivity index (χ2v) is 24.6. The van der Waals surface area contributed by atoms with Crippen LogP contribution in [0.2, 0.25) is 0 Å². The van der Waals surface area contributed by atoms with Gasteiger partial charge in [0.05, 0.1) is 16.9 Å². The third-order valence-electron chi connectivity index (χ3n) is 14.2. The second-order valence-electron chi connectivity index (χ2n) is 20.9. The van der Waals surface area contributed by atoms with E-state index in [0.717, 1.165) is 53.3 Å². The van der Waals surface area contributed by atoms with Crippen LogP contribution < -0.4 is 20.1 Å². The van der Waals surface area contributed by atoms with Crippen LogP contribution in [0, 0.1) is 13.8 Å². The Morgan fingerprint density at radius 1 is 0.575 bits per heavy atom. The standard InChI is InChI=1S/C30H41N3O7S.C28H35N3O7S/c1-20(2)33(21(3)4)28(34)19-40-24-13-11-23(12-14-24)18-26(30(36)39-6)31-29(35)27-8-7-17-32(27)41(37,38)25-15-9-22(5)10-16-25;1-20-7-13-23(14-8-20)39(36,37)31-17-5-6-25(31)27(33)29-24(28(34)35)18-21-9-11-22(12-10-21)38-19-26(32)30-15-3-2-4-16-30/h9-16,20-21,26-27H,7-8,17-19H2,1-6H3,(H,31,35);7-14,24-25H,2-6,15-19H2,1H3,(H,29,33)(H,34,35)/t26-,27-;24-,25-/m00/s1. The molecule has 7 rings (SSSR count). The largest absolute Gasteiger partial charge is 0.484 e. The Morgan fingerprint density at radius 2 is 0.988 bits per heavy atom. The third-order valence-corrected chi connectivity index (χ3v) is 18.1. The Labute approximate surface area is 470 Å². The minimum absolute atomic E-state index is 0.00545. The van der Waals surface area contributed by atoms with Crippen LogP contribution in [0.5, 0.6) is 11.5 Å². The lowest BCUT2D eigenvalue weighted by molar-refractivity contribution is -0.145. The van der Waals surface area contributed by atoms with Crippen molar-refractivity contribution < 1.29 is 64.9 Å². The van der Waals surface area contributed by atoms with Crippen LogP contribution in [-0.2, 0) is 66.4 Å². The van der Waals surface area contributed by atoms with Crippen LogP contribution in [0.3, 0.4) is 0 Å². The molecule has 0 bridgehead atoms. The molecule has 4 atom stereocenters. The van der Waals surface area contributed by atoms with Crippen LogP contribution in [0.25, 0.3) is 0 Å². The van der Waals surface area contributed by atoms with Crippen molar-refractivity contribution in [3.63, 3.8) is 0 Å². The van der Waals surface area contributed by atoms with E-state index < -0.39 is 68.0 Å². The Balaban J connectivity index is 0.000000258. The number of aliphatic carboxylic acids is 1. The molecule has 3 saturated heterocycles. The number of nitrogens with zero attached hydrogens (tertiary/aromatic N) is 4. The van der Waals surface area contributed by atoms with Gasteiger partial charge in [0, 0.05) is 51.1 Å². The topological polar surface area (TPSA) is 256 Å². The maximum Gasteiger partial charge on any atom is 0.328 e. The number of rotatable bonds is 22. The number of carbonyl (C=O) groups excluding carboxylic acids is 5. The lowest BCUT2D eigenvalue weighted by atomic mass is 10.0. The number of carboxylic acid groups (broad SMARTS) is 1. The first-order valence-electron chi connectivity index (χ1n) is 27.1. The third kappa shape index (κ3) is 16.6. The number of ether oxygens (including phenoxy) is 3. The van der Waals surface area contributed by atoms with Gasteiger partial charge in [-0.05, 0) is 146 Å². The van der Waals surface area contributed by atoms with Crippen LogP contribution >= 0.6 is 0 Å². The molecule has 3 fully saturated rings. The zero-order valence-corrected chi connectivity index (χ0v) is 48.3. The van der Waals surface area contributed by atoms with Crippen molar-refractivity contribution >= 4 is 55.6 Å². The zero-order valence-electron chi connectivity index (χ0n) is 46.7. The summed E-state index contributed by atoms with van der Waals surface area (Å²) in [4.78, 5) is 79.6. The van der Waals surface area contributed by atoms with Gasteiger partial charge in [-0.1, -0.05) is 59.7 Å². The zero-order chi connectivity index (χ0) is 58.3. The molecular weight excluding hydrogens is 1070 g/mol. The first-order valence-corrected chi connectivity index (χ1v) is 30.0. The molecule has 0 aromatic heterocycles. The van der Waals surface area contributed by atoms with Gasteiger partial charge in [0.2, 0.25) is 31.9 Å². The highest BCUT2D eigenvalue weighted by atomic mass is 32.2. The van der Waals surface area contributed by atoms with Gasteiger partial charge >= 0.3 is 11.9 Å². The average molecular weight is 1150 g/mol. The number of benzene rings is 4. The number of piperidine rings is 1. The fourth-order valence-corrected chi connectivity index (χ4v) is 13.3. The lowest BCUT2D eigenvalue weighted by Gasteiger charge is -2.30. The molecule has 0 unspecified atom stereocenters. The Hall–Kier alpha value is -6.88. The Morgan fingerprint density at radius 3 is 1.40 bits per heavy atom. The fourth-order valence-electron chi connectivity index (χ4n) is 10.0. The van der Waals surface area contributed by atoms with Crippen LogP contribution in [0.4, 0.5) is 0 Å². The summed E-state index contributed by atoms with van der Waals surface area (Å²) in [6, 6.07) is 22.4. The van der Waals surface area contributed by atoms with Crippen molar-refractivity contribution in [1.82, 2.24) is 29.0 Å². The number of methoxy groups -OCH3 is 1. The summed E-state index contributed by atoms with van der Waals surface area (Å²) in [7, 11) is -6.56. The van der Waals surface area contributed by atoms with E-state index in [1.165, 1.54) is 35.7 Å². The van der Waals surface area contributed by atoms with Crippen LogP contribution in [0.15, 0.2) is 107 Å². The summed E-state index contributed by atoms with van der Waals surface area (Å²) in [5.41, 5.74) is 3.21. The summed E-state index contributed by atoms with van der Waals surface area (Å²) < 4.78 is 71.5. The van der Waals surface area contributed by atoms with Gasteiger partial charge in [-0.25, -0.2) is 26.4 Å². The number of nitrogens with one attached hydrogen (secondary N) is 2. The molecule has 3 aliphatic heterocycles. The highest BCUT2D eigenvalue weighted by Gasteiger charge is 2.42. The van der Waals surface area contributed by atoms with Gasteiger partial charge in [-0.15, -0.1) is 0 Å². The number of esters is 1. The van der Waals surface area contributed by atoms with Crippen molar-refractivity contribution in [2.75, 3.05) is 46.5 Å². The summed E-state index contributed by atoms with van der Waals surface area (Å²) >= 11 is 0. The molecule has 3 heterocycles. The van der Waals surface area contributed by atoms with E-state index in [0.29, 0.717) is 42.7 Å². The maximum atomic E-state index is 13.3. The second kappa shape index (κ2) is 28.5. The van der Waals surface area contributed by atoms with Gasteiger partial charge in [0.1, 0.15) is 35.7 Å². The van der Waals surface area contributed by atoms with E-state index in [9.17, 15) is 50.7 Å². The number of likely N-dealkylation sites (tertiary alicyclic amines) is 1. The Bertz CT molecular complexity index is 2980. The van der Waals surface area contributed by atoms with E-state index in [2.05, 4.69) is 10.6 Å². The predicted molar refractivity (Wildman–Crippen MR) is 299 cm³/mol. The maximum absolute atomic E-state index is 13.3. The number of hydrogen-bond donors (Lipinski definition) is 3. The van der Waals surface area contributed by atoms with Crippen molar-refractivity contribution in [3.05, 3.63) is 119 Å². The number of carboxylic acids is 1. The molecule has 20 nitrogen and oxygen atoms in total. The molecule has 0 aliphatic carbocycles. The predicted octanol–water partition coefficient (Wildman–Crippen LogP) is 5.42. The molecule has 0 spiro atoms. The Kier molecular flexibility index (Phi) is 22.2. The lowest BCUT2D eigenvalue weighted by Crippen LogP contribution is -2.51. The monoisotopic (exact) mass is 1140 g/mol. The molecule has 4 aromatic carbocycles. The summed E-state index contributed by atoms with van der Waals surface area (Å²) in [6.07, 6.45) is 4.97. The fraction of sp³-hybridized carbons (Fsp3) is 0.483. The molecule has 0 radical (unpaired) electrons. The number of hydrogen-bond acceptors (Lipinski definition) is 13. The molecule has 434 valence electrons. The molecule has 3 N–H and O–H groups in total. The van der Waals surface area contributed by atoms with Crippen molar-refractivity contribution in [3.8, 4) is 11.5 Å². The molecule has 22 heteroatoms.